The van der Waals surface area contributed by atoms with Crippen LogP contribution in [0, 0.1) is 0 Å². The average molecular weight is 345 g/mol. The standard InChI is InChI=1S/C19H15N5O2/c1-26-14-8-6-13(7-9-14)18-10-16(15-4-2-3-5-17(15)22-18)19(25)23-24-11-20-21-12-24/h2-12H,1H3,(H,23,25). The third-order valence-corrected chi connectivity index (χ3v) is 4.00. The molecule has 0 saturated carbocycles. The van der Waals surface area contributed by atoms with Gasteiger partial charge in [0.25, 0.3) is 5.91 Å². The van der Waals surface area contributed by atoms with E-state index < -0.39 is 0 Å². The number of ether oxygens (including phenoxy) is 1. The van der Waals surface area contributed by atoms with E-state index in [0.29, 0.717) is 11.3 Å². The zero-order valence-corrected chi connectivity index (χ0v) is 14.0. The van der Waals surface area contributed by atoms with Gasteiger partial charge in [-0.05, 0) is 36.4 Å². The molecule has 0 saturated heterocycles. The van der Waals surface area contributed by atoms with Gasteiger partial charge in [-0.15, -0.1) is 10.2 Å². The van der Waals surface area contributed by atoms with Gasteiger partial charge in [0.1, 0.15) is 18.4 Å². The summed E-state index contributed by atoms with van der Waals surface area (Å²) in [5, 5.41) is 8.15. The van der Waals surface area contributed by atoms with Crippen molar-refractivity contribution < 1.29 is 9.53 Å². The van der Waals surface area contributed by atoms with Gasteiger partial charge in [-0.3, -0.25) is 10.2 Å². The Labute approximate surface area is 149 Å². The molecule has 1 amide bonds. The molecule has 0 fully saturated rings. The molecule has 7 nitrogen and oxygen atoms in total. The molecule has 1 N–H and O–H groups in total. The van der Waals surface area contributed by atoms with Crippen molar-refractivity contribution in [3.63, 3.8) is 0 Å². The number of hydrogen-bond donors (Lipinski definition) is 1. The molecule has 0 radical (unpaired) electrons. The number of pyridine rings is 1. The Bertz CT molecular complexity index is 1060. The first-order valence-corrected chi connectivity index (χ1v) is 7.95. The smallest absolute Gasteiger partial charge is 0.270 e. The fraction of sp³-hybridized carbons (Fsp3) is 0.0526. The molecule has 0 aliphatic carbocycles. The maximum atomic E-state index is 12.8. The van der Waals surface area contributed by atoms with E-state index >= 15 is 0 Å². The number of nitrogens with one attached hydrogen (secondary N) is 1. The molecule has 0 spiro atoms. The molecule has 0 aliphatic rings. The van der Waals surface area contributed by atoms with E-state index in [9.17, 15) is 4.79 Å². The number of benzene rings is 2. The fourth-order valence-corrected chi connectivity index (χ4v) is 2.71. The Morgan fingerprint density at radius 3 is 2.50 bits per heavy atom. The van der Waals surface area contributed by atoms with Crippen LogP contribution in [0.15, 0.2) is 67.3 Å². The maximum absolute atomic E-state index is 12.8. The number of methoxy groups -OCH3 is 1. The van der Waals surface area contributed by atoms with Crippen molar-refractivity contribution in [1.82, 2.24) is 19.9 Å². The molecular weight excluding hydrogens is 330 g/mol. The molecule has 0 atom stereocenters. The lowest BCUT2D eigenvalue weighted by Crippen LogP contribution is -2.22. The van der Waals surface area contributed by atoms with E-state index in [0.717, 1.165) is 22.2 Å². The van der Waals surface area contributed by atoms with Crippen LogP contribution in [-0.4, -0.2) is 32.9 Å². The lowest BCUT2D eigenvalue weighted by molar-refractivity contribution is 0.101. The normalized spacial score (nSPS) is 10.7. The highest BCUT2D eigenvalue weighted by Crippen LogP contribution is 2.26. The minimum absolute atomic E-state index is 0.266. The molecule has 0 bridgehead atoms. The monoisotopic (exact) mass is 345 g/mol. The van der Waals surface area contributed by atoms with Crippen molar-refractivity contribution in [3.8, 4) is 17.0 Å². The highest BCUT2D eigenvalue weighted by atomic mass is 16.5. The molecule has 2 aromatic heterocycles. The molecule has 4 aromatic rings. The fourth-order valence-electron chi connectivity index (χ4n) is 2.71. The van der Waals surface area contributed by atoms with E-state index in [2.05, 4.69) is 20.6 Å². The summed E-state index contributed by atoms with van der Waals surface area (Å²) in [6.45, 7) is 0. The van der Waals surface area contributed by atoms with Crippen molar-refractivity contribution in [2.45, 2.75) is 0 Å². The van der Waals surface area contributed by atoms with Gasteiger partial charge in [0, 0.05) is 10.9 Å². The molecule has 7 heteroatoms. The van der Waals surface area contributed by atoms with Gasteiger partial charge in [0.2, 0.25) is 0 Å². The van der Waals surface area contributed by atoms with E-state index in [1.54, 1.807) is 13.2 Å². The average Bonchev–Trinajstić information content (AvgIpc) is 3.20. The molecule has 2 aromatic carbocycles. The Morgan fingerprint density at radius 2 is 1.77 bits per heavy atom. The maximum Gasteiger partial charge on any atom is 0.270 e. The number of rotatable bonds is 4. The SMILES string of the molecule is COc1ccc(-c2cc(C(=O)Nn3cnnc3)c3ccccc3n2)cc1. The summed E-state index contributed by atoms with van der Waals surface area (Å²) in [5.74, 6) is 0.498. The largest absolute Gasteiger partial charge is 0.497 e. The highest BCUT2D eigenvalue weighted by Gasteiger charge is 2.14. The first kappa shape index (κ1) is 15.8. The number of aromatic nitrogens is 4. The first-order valence-electron chi connectivity index (χ1n) is 7.95. The quantitative estimate of drug-likeness (QED) is 0.615. The van der Waals surface area contributed by atoms with Crippen LogP contribution < -0.4 is 10.2 Å². The van der Waals surface area contributed by atoms with E-state index in [1.807, 2.05) is 48.5 Å². The van der Waals surface area contributed by atoms with Crippen LogP contribution in [0.2, 0.25) is 0 Å². The molecule has 4 rings (SSSR count). The second-order valence-electron chi connectivity index (χ2n) is 5.61. The molecule has 128 valence electrons. The molecule has 0 unspecified atom stereocenters. The lowest BCUT2D eigenvalue weighted by Gasteiger charge is -2.11. The number of para-hydroxylation sites is 1. The number of carbonyl (C=O) groups excluding carboxylic acids is 1. The topological polar surface area (TPSA) is 81.9 Å². The summed E-state index contributed by atoms with van der Waals surface area (Å²) in [6.07, 6.45) is 2.84. The van der Waals surface area contributed by atoms with Crippen LogP contribution in [0.4, 0.5) is 0 Å². The summed E-state index contributed by atoms with van der Waals surface area (Å²) < 4.78 is 6.60. The van der Waals surface area contributed by atoms with E-state index in [4.69, 9.17) is 4.74 Å². The third-order valence-electron chi connectivity index (χ3n) is 4.00. The van der Waals surface area contributed by atoms with E-state index in [1.165, 1.54) is 17.3 Å². The highest BCUT2D eigenvalue weighted by molar-refractivity contribution is 6.10. The predicted octanol–water partition coefficient (Wildman–Crippen LogP) is 2.89. The van der Waals surface area contributed by atoms with Crippen molar-refractivity contribution in [2.24, 2.45) is 0 Å². The van der Waals surface area contributed by atoms with Crippen LogP contribution >= 0.6 is 0 Å². The molecular formula is C19H15N5O2. The van der Waals surface area contributed by atoms with Crippen molar-refractivity contribution in [3.05, 3.63) is 72.8 Å². The summed E-state index contributed by atoms with van der Waals surface area (Å²) >= 11 is 0. The summed E-state index contributed by atoms with van der Waals surface area (Å²) in [4.78, 5) is 17.5. The van der Waals surface area contributed by atoms with Crippen molar-refractivity contribution in [2.75, 3.05) is 12.5 Å². The van der Waals surface area contributed by atoms with Gasteiger partial charge < -0.3 is 4.74 Å². The van der Waals surface area contributed by atoms with Crippen LogP contribution in [0.3, 0.4) is 0 Å². The van der Waals surface area contributed by atoms with Crippen molar-refractivity contribution >= 4 is 16.8 Å². The molecule has 0 aliphatic heterocycles. The van der Waals surface area contributed by atoms with Gasteiger partial charge >= 0.3 is 0 Å². The number of amides is 1. The van der Waals surface area contributed by atoms with Gasteiger partial charge in [-0.1, -0.05) is 18.2 Å². The second-order valence-corrected chi connectivity index (χ2v) is 5.61. The van der Waals surface area contributed by atoms with Crippen LogP contribution in [0.25, 0.3) is 22.2 Å². The minimum Gasteiger partial charge on any atom is -0.497 e. The Kier molecular flexibility index (Phi) is 4.03. The first-order chi connectivity index (χ1) is 12.7. The summed E-state index contributed by atoms with van der Waals surface area (Å²) in [7, 11) is 1.62. The molecule has 26 heavy (non-hydrogen) atoms. The second kappa shape index (κ2) is 6.64. The summed E-state index contributed by atoms with van der Waals surface area (Å²) in [5.41, 5.74) is 5.61. The van der Waals surface area contributed by atoms with Gasteiger partial charge in [0.05, 0.1) is 23.9 Å². The Balaban J connectivity index is 1.81. The van der Waals surface area contributed by atoms with Crippen LogP contribution in [0.1, 0.15) is 10.4 Å². The number of carbonyl (C=O) groups is 1. The number of fused-ring (bicyclic) bond motifs is 1. The van der Waals surface area contributed by atoms with Gasteiger partial charge in [-0.25, -0.2) is 9.66 Å². The van der Waals surface area contributed by atoms with Gasteiger partial charge in [0.15, 0.2) is 0 Å². The number of nitrogens with zero attached hydrogens (tertiary/aromatic N) is 4. The predicted molar refractivity (Wildman–Crippen MR) is 97.4 cm³/mol. The Morgan fingerprint density at radius 1 is 1.04 bits per heavy atom. The van der Waals surface area contributed by atoms with E-state index in [-0.39, 0.29) is 5.91 Å². The zero-order valence-electron chi connectivity index (χ0n) is 14.0. The van der Waals surface area contributed by atoms with Gasteiger partial charge in [-0.2, -0.15) is 0 Å². The third kappa shape index (κ3) is 2.98. The Hall–Kier alpha value is -3.74. The minimum atomic E-state index is -0.266. The lowest BCUT2D eigenvalue weighted by atomic mass is 10.0. The van der Waals surface area contributed by atoms with Crippen molar-refractivity contribution in [1.29, 1.82) is 0 Å². The molecule has 2 heterocycles. The summed E-state index contributed by atoms with van der Waals surface area (Å²) in [6, 6.07) is 16.9. The zero-order chi connectivity index (χ0) is 17.9. The van der Waals surface area contributed by atoms with Crippen LogP contribution in [0.5, 0.6) is 5.75 Å². The van der Waals surface area contributed by atoms with Crippen LogP contribution in [-0.2, 0) is 0 Å². The number of hydrogen-bond acceptors (Lipinski definition) is 5.